The number of carbonyl (C=O) groups excluding carboxylic acids is 1. The van der Waals surface area contributed by atoms with Crippen molar-refractivity contribution in [2.45, 2.75) is 17.0 Å². The maximum Gasteiger partial charge on any atom is 0.248 e. The molecule has 0 saturated carbocycles. The number of carbonyl (C=O) groups is 1. The molecular formula is C12H16FN3OS. The van der Waals surface area contributed by atoms with Crippen LogP contribution in [-0.2, 0) is 4.75 Å². The summed E-state index contributed by atoms with van der Waals surface area (Å²) in [6.07, 6.45) is 0. The highest BCUT2D eigenvalue weighted by Gasteiger charge is 2.35. The second-order valence-corrected chi connectivity index (χ2v) is 6.32. The standard InChI is InChI=1S/C12H16FN3OS/c1-12(6-16-5-10(14)18-12)8-4-7(11(15)17)2-3-9(8)13/h2-4,10,16H,5-6,14H2,1H3,(H2,15,17)/t10-,12?/m1/s1. The molecule has 0 radical (unpaired) electrons. The van der Waals surface area contributed by atoms with Gasteiger partial charge in [0.05, 0.1) is 10.1 Å². The molecule has 18 heavy (non-hydrogen) atoms. The molecule has 4 nitrogen and oxygen atoms in total. The molecule has 1 aromatic carbocycles. The van der Waals surface area contributed by atoms with Crippen LogP contribution in [0, 0.1) is 5.82 Å². The summed E-state index contributed by atoms with van der Waals surface area (Å²) in [5.74, 6) is -0.899. The first-order valence-corrected chi connectivity index (χ1v) is 6.54. The molecule has 1 amide bonds. The fourth-order valence-corrected chi connectivity index (χ4v) is 3.45. The lowest BCUT2D eigenvalue weighted by Gasteiger charge is -2.37. The van der Waals surface area contributed by atoms with E-state index in [2.05, 4.69) is 5.32 Å². The second-order valence-electron chi connectivity index (χ2n) is 4.58. The molecule has 1 unspecified atom stereocenters. The molecule has 1 aliphatic rings. The number of halogens is 1. The highest BCUT2D eigenvalue weighted by Crippen LogP contribution is 2.40. The maximum atomic E-state index is 14.0. The van der Waals surface area contributed by atoms with Gasteiger partial charge in [0.1, 0.15) is 5.82 Å². The van der Waals surface area contributed by atoms with Crippen LogP contribution in [0.1, 0.15) is 22.8 Å². The molecule has 0 aromatic heterocycles. The third kappa shape index (κ3) is 2.50. The number of hydrogen-bond acceptors (Lipinski definition) is 4. The van der Waals surface area contributed by atoms with Crippen molar-refractivity contribution in [3.63, 3.8) is 0 Å². The van der Waals surface area contributed by atoms with Gasteiger partial charge in [-0.1, -0.05) is 0 Å². The quantitative estimate of drug-likeness (QED) is 0.740. The first-order chi connectivity index (χ1) is 8.42. The van der Waals surface area contributed by atoms with Crippen molar-refractivity contribution in [3.8, 4) is 0 Å². The van der Waals surface area contributed by atoms with E-state index < -0.39 is 10.7 Å². The first kappa shape index (κ1) is 13.3. The largest absolute Gasteiger partial charge is 0.366 e. The van der Waals surface area contributed by atoms with Gasteiger partial charge < -0.3 is 16.8 Å². The molecule has 98 valence electrons. The molecule has 1 heterocycles. The number of amides is 1. The number of nitrogens with one attached hydrogen (secondary N) is 1. The smallest absolute Gasteiger partial charge is 0.248 e. The van der Waals surface area contributed by atoms with Gasteiger partial charge in [-0.25, -0.2) is 4.39 Å². The molecule has 1 aromatic rings. The van der Waals surface area contributed by atoms with Crippen molar-refractivity contribution in [2.24, 2.45) is 11.5 Å². The number of rotatable bonds is 2. The maximum absolute atomic E-state index is 14.0. The predicted molar refractivity (Wildman–Crippen MR) is 70.7 cm³/mol. The number of hydrogen-bond donors (Lipinski definition) is 3. The molecule has 0 bridgehead atoms. The second kappa shape index (κ2) is 4.87. The molecule has 0 spiro atoms. The van der Waals surface area contributed by atoms with Crippen LogP contribution in [0.25, 0.3) is 0 Å². The normalized spacial score (nSPS) is 28.1. The molecule has 1 aliphatic heterocycles. The third-order valence-electron chi connectivity index (χ3n) is 3.04. The van der Waals surface area contributed by atoms with E-state index in [1.54, 1.807) is 0 Å². The average molecular weight is 269 g/mol. The average Bonchev–Trinajstić information content (AvgIpc) is 2.28. The molecular weight excluding hydrogens is 253 g/mol. The minimum Gasteiger partial charge on any atom is -0.366 e. The number of thioether (sulfide) groups is 1. The van der Waals surface area contributed by atoms with E-state index in [1.807, 2.05) is 6.92 Å². The summed E-state index contributed by atoms with van der Waals surface area (Å²) in [4.78, 5) is 11.2. The number of nitrogens with two attached hydrogens (primary N) is 2. The molecule has 6 heteroatoms. The lowest BCUT2D eigenvalue weighted by molar-refractivity contribution is 0.1000. The van der Waals surface area contributed by atoms with E-state index in [9.17, 15) is 9.18 Å². The van der Waals surface area contributed by atoms with Gasteiger partial charge >= 0.3 is 0 Å². The van der Waals surface area contributed by atoms with Crippen molar-refractivity contribution in [1.29, 1.82) is 0 Å². The minimum atomic E-state index is -0.557. The molecule has 5 N–H and O–H groups in total. The lowest BCUT2D eigenvalue weighted by Crippen LogP contribution is -2.47. The zero-order valence-electron chi connectivity index (χ0n) is 10.1. The van der Waals surface area contributed by atoms with Crippen LogP contribution in [-0.4, -0.2) is 24.4 Å². The van der Waals surface area contributed by atoms with Crippen LogP contribution in [0.3, 0.4) is 0 Å². The van der Waals surface area contributed by atoms with E-state index in [0.717, 1.165) is 0 Å². The van der Waals surface area contributed by atoms with Crippen molar-refractivity contribution in [3.05, 3.63) is 35.1 Å². The van der Waals surface area contributed by atoms with Gasteiger partial charge in [0, 0.05) is 24.2 Å². The van der Waals surface area contributed by atoms with Gasteiger partial charge in [0.15, 0.2) is 0 Å². The highest BCUT2D eigenvalue weighted by atomic mass is 32.2. The van der Waals surface area contributed by atoms with Crippen molar-refractivity contribution in [1.82, 2.24) is 5.32 Å². The SMILES string of the molecule is CC1(c2cc(C(N)=O)ccc2F)CNC[C@H](N)S1. The number of benzene rings is 1. The summed E-state index contributed by atoms with van der Waals surface area (Å²) in [5.41, 5.74) is 11.9. The Hall–Kier alpha value is -1.11. The Morgan fingerprint density at radius 3 is 2.94 bits per heavy atom. The van der Waals surface area contributed by atoms with Gasteiger partial charge in [-0.3, -0.25) is 4.79 Å². The van der Waals surface area contributed by atoms with E-state index in [-0.39, 0.29) is 11.2 Å². The molecule has 2 atom stereocenters. The van der Waals surface area contributed by atoms with Gasteiger partial charge in [-0.15, -0.1) is 11.8 Å². The fourth-order valence-electron chi connectivity index (χ4n) is 2.11. The van der Waals surface area contributed by atoms with E-state index in [1.165, 1.54) is 30.0 Å². The Morgan fingerprint density at radius 2 is 2.33 bits per heavy atom. The Balaban J connectivity index is 2.42. The zero-order valence-corrected chi connectivity index (χ0v) is 10.9. The van der Waals surface area contributed by atoms with Gasteiger partial charge in [-0.2, -0.15) is 0 Å². The number of primary amides is 1. The Morgan fingerprint density at radius 1 is 1.61 bits per heavy atom. The Kier molecular flexibility index (Phi) is 3.61. The highest BCUT2D eigenvalue weighted by molar-refractivity contribution is 8.00. The summed E-state index contributed by atoms with van der Waals surface area (Å²) in [5, 5.41) is 3.07. The van der Waals surface area contributed by atoms with Crippen molar-refractivity contribution in [2.75, 3.05) is 13.1 Å². The van der Waals surface area contributed by atoms with E-state index >= 15 is 0 Å². The van der Waals surface area contributed by atoms with Crippen LogP contribution >= 0.6 is 11.8 Å². The fraction of sp³-hybridized carbons (Fsp3) is 0.417. The minimum absolute atomic E-state index is 0.0969. The first-order valence-electron chi connectivity index (χ1n) is 5.66. The molecule has 1 fully saturated rings. The van der Waals surface area contributed by atoms with Gasteiger partial charge in [0.2, 0.25) is 5.91 Å². The molecule has 2 rings (SSSR count). The summed E-state index contributed by atoms with van der Waals surface area (Å²) < 4.78 is 13.5. The zero-order chi connectivity index (χ0) is 13.3. The van der Waals surface area contributed by atoms with Crippen LogP contribution < -0.4 is 16.8 Å². The van der Waals surface area contributed by atoms with Crippen molar-refractivity contribution < 1.29 is 9.18 Å². The predicted octanol–water partition coefficient (Wildman–Crippen LogP) is 0.761. The summed E-state index contributed by atoms with van der Waals surface area (Å²) in [7, 11) is 0. The van der Waals surface area contributed by atoms with Crippen LogP contribution in [0.2, 0.25) is 0 Å². The summed E-state index contributed by atoms with van der Waals surface area (Å²) in [6.45, 7) is 3.20. The Bertz CT molecular complexity index is 482. The van der Waals surface area contributed by atoms with Gasteiger partial charge in [0.25, 0.3) is 0 Å². The Labute approximate surface area is 109 Å². The molecule has 1 saturated heterocycles. The van der Waals surface area contributed by atoms with Crippen LogP contribution in [0.5, 0.6) is 0 Å². The van der Waals surface area contributed by atoms with Crippen LogP contribution in [0.15, 0.2) is 18.2 Å². The van der Waals surface area contributed by atoms with E-state index in [4.69, 9.17) is 11.5 Å². The van der Waals surface area contributed by atoms with E-state index in [0.29, 0.717) is 24.2 Å². The summed E-state index contributed by atoms with van der Waals surface area (Å²) >= 11 is 1.50. The lowest BCUT2D eigenvalue weighted by atomic mass is 9.96. The monoisotopic (exact) mass is 269 g/mol. The molecule has 0 aliphatic carbocycles. The van der Waals surface area contributed by atoms with Gasteiger partial charge in [-0.05, 0) is 25.1 Å². The summed E-state index contributed by atoms with van der Waals surface area (Å²) in [6, 6.07) is 4.19. The third-order valence-corrected chi connectivity index (χ3v) is 4.39. The topological polar surface area (TPSA) is 81.1 Å². The van der Waals surface area contributed by atoms with Crippen molar-refractivity contribution >= 4 is 17.7 Å². The van der Waals surface area contributed by atoms with Crippen LogP contribution in [0.4, 0.5) is 4.39 Å².